The lowest BCUT2D eigenvalue weighted by Gasteiger charge is -2.27. The van der Waals surface area contributed by atoms with Crippen molar-refractivity contribution in [3.8, 4) is 0 Å². The van der Waals surface area contributed by atoms with Gasteiger partial charge >= 0.3 is 0 Å². The molecule has 1 aromatic heterocycles. The molecule has 9 heteroatoms. The lowest BCUT2D eigenvalue weighted by atomic mass is 10.00. The summed E-state index contributed by atoms with van der Waals surface area (Å²) in [5.74, 6) is -1.82. The number of hydrogen-bond donors (Lipinski definition) is 3. The van der Waals surface area contributed by atoms with Gasteiger partial charge in [-0.2, -0.15) is 15.0 Å². The average Bonchev–Trinajstić information content (AvgIpc) is 3.32. The Labute approximate surface area is 220 Å². The first-order chi connectivity index (χ1) is 18.4. The van der Waals surface area contributed by atoms with Crippen LogP contribution in [0.25, 0.3) is 11.0 Å². The van der Waals surface area contributed by atoms with Gasteiger partial charge in [-0.25, -0.2) is 8.78 Å². The van der Waals surface area contributed by atoms with Crippen LogP contribution in [0.15, 0.2) is 66.7 Å². The molecule has 1 unspecified atom stereocenters. The van der Waals surface area contributed by atoms with Crippen LogP contribution in [-0.2, 0) is 24.2 Å². The molecule has 7 nitrogen and oxygen atoms in total. The van der Waals surface area contributed by atoms with Gasteiger partial charge in [0.25, 0.3) is 0 Å². The van der Waals surface area contributed by atoms with Gasteiger partial charge in [0.15, 0.2) is 0 Å². The molecule has 0 spiro atoms. The second kappa shape index (κ2) is 12.7. The molecule has 200 valence electrons. The summed E-state index contributed by atoms with van der Waals surface area (Å²) in [6, 6.07) is 17.2. The molecule has 0 radical (unpaired) electrons. The Hall–Kier alpha value is -3.69. The van der Waals surface area contributed by atoms with E-state index in [1.807, 2.05) is 43.3 Å². The van der Waals surface area contributed by atoms with Gasteiger partial charge in [0.1, 0.15) is 28.7 Å². The van der Waals surface area contributed by atoms with Crippen molar-refractivity contribution in [3.05, 3.63) is 95.1 Å². The summed E-state index contributed by atoms with van der Waals surface area (Å²) in [7, 11) is 0. The Morgan fingerprint density at radius 1 is 0.921 bits per heavy atom. The number of carbonyl (C=O) groups excluding carboxylic acids is 1. The van der Waals surface area contributed by atoms with E-state index in [9.17, 15) is 18.7 Å². The molecule has 0 fully saturated rings. The predicted molar refractivity (Wildman–Crippen MR) is 142 cm³/mol. The molecule has 0 aliphatic carbocycles. The van der Waals surface area contributed by atoms with Gasteiger partial charge in [-0.1, -0.05) is 50.2 Å². The fourth-order valence-electron chi connectivity index (χ4n) is 4.48. The highest BCUT2D eigenvalue weighted by Crippen LogP contribution is 2.17. The summed E-state index contributed by atoms with van der Waals surface area (Å²) >= 11 is 0. The van der Waals surface area contributed by atoms with Crippen LogP contribution < -0.4 is 10.6 Å². The average molecular weight is 522 g/mol. The third-order valence-electron chi connectivity index (χ3n) is 6.52. The van der Waals surface area contributed by atoms with Crippen molar-refractivity contribution in [2.75, 3.05) is 6.54 Å². The van der Waals surface area contributed by atoms with Gasteiger partial charge in [0.05, 0.1) is 12.1 Å². The van der Waals surface area contributed by atoms with Gasteiger partial charge in [-0.15, -0.1) is 0 Å². The summed E-state index contributed by atoms with van der Waals surface area (Å²) < 4.78 is 27.8. The van der Waals surface area contributed by atoms with E-state index in [1.54, 1.807) is 0 Å². The molecular weight excluding hydrogens is 488 g/mol. The van der Waals surface area contributed by atoms with Crippen molar-refractivity contribution in [2.24, 2.45) is 0 Å². The molecule has 4 aromatic rings. The molecule has 3 aromatic carbocycles. The summed E-state index contributed by atoms with van der Waals surface area (Å²) in [6.07, 6.45) is 0.353. The largest absolute Gasteiger partial charge is 0.390 e. The first-order valence-corrected chi connectivity index (χ1v) is 12.9. The summed E-state index contributed by atoms with van der Waals surface area (Å²) in [5.41, 5.74) is 3.96. The Bertz CT molecular complexity index is 1320. The van der Waals surface area contributed by atoms with E-state index in [0.29, 0.717) is 29.6 Å². The third-order valence-corrected chi connectivity index (χ3v) is 6.52. The molecule has 1 amide bonds. The lowest BCUT2D eigenvalue weighted by Crippen LogP contribution is -2.50. The monoisotopic (exact) mass is 521 g/mol. The number of rotatable bonds is 12. The Kier molecular flexibility index (Phi) is 9.15. The van der Waals surface area contributed by atoms with E-state index in [4.69, 9.17) is 0 Å². The quantitative estimate of drug-likeness (QED) is 0.261. The fraction of sp³-hybridized carbons (Fsp3) is 0.345. The van der Waals surface area contributed by atoms with Crippen LogP contribution >= 0.6 is 0 Å². The summed E-state index contributed by atoms with van der Waals surface area (Å²) in [4.78, 5) is 14.7. The fourth-order valence-corrected chi connectivity index (χ4v) is 4.48. The number of aliphatic hydroxyl groups is 1. The minimum absolute atomic E-state index is 0.0412. The number of aliphatic hydroxyl groups excluding tert-OH is 1. The molecule has 0 bridgehead atoms. The molecule has 38 heavy (non-hydrogen) atoms. The van der Waals surface area contributed by atoms with E-state index in [0.717, 1.165) is 18.1 Å². The van der Waals surface area contributed by atoms with Crippen molar-refractivity contribution >= 4 is 16.9 Å². The minimum atomic E-state index is -1.03. The number of halogens is 2. The summed E-state index contributed by atoms with van der Waals surface area (Å²) in [5, 5.41) is 26.1. The number of nitrogens with zero attached hydrogens (tertiary/aromatic N) is 3. The maximum atomic E-state index is 13.9. The van der Waals surface area contributed by atoms with Crippen molar-refractivity contribution in [1.29, 1.82) is 0 Å². The van der Waals surface area contributed by atoms with E-state index < -0.39 is 29.8 Å². The number of aryl methyl sites for hydroxylation is 1. The number of amides is 1. The first kappa shape index (κ1) is 27.3. The van der Waals surface area contributed by atoms with Crippen molar-refractivity contribution < 1.29 is 18.7 Å². The van der Waals surface area contributed by atoms with Crippen LogP contribution in [0.4, 0.5) is 8.78 Å². The van der Waals surface area contributed by atoms with Crippen molar-refractivity contribution in [3.63, 3.8) is 0 Å². The smallest absolute Gasteiger partial charge is 0.247 e. The number of fused-ring (bicyclic) bond motifs is 1. The van der Waals surface area contributed by atoms with Gasteiger partial charge in [-0.05, 0) is 60.2 Å². The molecule has 0 aliphatic heterocycles. The van der Waals surface area contributed by atoms with Crippen LogP contribution in [0.2, 0.25) is 0 Å². The van der Waals surface area contributed by atoms with Crippen molar-refractivity contribution in [1.82, 2.24) is 25.6 Å². The molecule has 4 rings (SSSR count). The third kappa shape index (κ3) is 6.99. The highest BCUT2D eigenvalue weighted by atomic mass is 19.1. The van der Waals surface area contributed by atoms with Crippen LogP contribution in [0.3, 0.4) is 0 Å². The number of carbonyl (C=O) groups is 1. The SMILES string of the molecule is CCc1cccc(CNC[C@H](O)[C@H](Cc2cc(F)cc(F)c2)NC(=O)C(CC)n2nc3ccccc3n2)c1. The van der Waals surface area contributed by atoms with E-state index in [-0.39, 0.29) is 18.9 Å². The highest BCUT2D eigenvalue weighted by Gasteiger charge is 2.28. The van der Waals surface area contributed by atoms with Crippen LogP contribution in [0.5, 0.6) is 0 Å². The Morgan fingerprint density at radius 2 is 1.58 bits per heavy atom. The normalized spacial score (nSPS) is 13.8. The molecular formula is C29H33F2N5O2. The molecule has 3 atom stereocenters. The Balaban J connectivity index is 1.49. The summed E-state index contributed by atoms with van der Waals surface area (Å²) in [6.45, 7) is 4.63. The maximum absolute atomic E-state index is 13.9. The van der Waals surface area contributed by atoms with Gasteiger partial charge in [0.2, 0.25) is 5.91 Å². The van der Waals surface area contributed by atoms with Gasteiger partial charge in [-0.3, -0.25) is 4.79 Å². The second-order valence-corrected chi connectivity index (χ2v) is 9.40. The van der Waals surface area contributed by atoms with E-state index in [2.05, 4.69) is 39.9 Å². The van der Waals surface area contributed by atoms with Crippen LogP contribution in [0, 0.1) is 11.6 Å². The topological polar surface area (TPSA) is 92.1 Å². The molecule has 0 aliphatic rings. The minimum Gasteiger partial charge on any atom is -0.390 e. The lowest BCUT2D eigenvalue weighted by molar-refractivity contribution is -0.126. The highest BCUT2D eigenvalue weighted by molar-refractivity contribution is 5.81. The number of aromatic nitrogens is 3. The van der Waals surface area contributed by atoms with Gasteiger partial charge in [0, 0.05) is 19.2 Å². The standard InChI is InChI=1S/C29H33F2N5O2/c1-3-19-8-7-9-20(12-19)17-32-18-28(37)26(15-21-13-22(30)16-23(31)14-21)33-29(38)27(4-2)36-34-24-10-5-6-11-25(24)35-36/h5-14,16,26-28,32,37H,3-4,15,17-18H2,1-2H3,(H,33,38)/t26-,27?,28-/m0/s1. The number of benzene rings is 3. The maximum Gasteiger partial charge on any atom is 0.247 e. The molecule has 3 N–H and O–H groups in total. The van der Waals surface area contributed by atoms with E-state index >= 15 is 0 Å². The zero-order valence-electron chi connectivity index (χ0n) is 21.6. The molecule has 0 saturated carbocycles. The number of nitrogens with one attached hydrogen (secondary N) is 2. The van der Waals surface area contributed by atoms with Crippen LogP contribution in [0.1, 0.15) is 43.0 Å². The van der Waals surface area contributed by atoms with E-state index in [1.165, 1.54) is 22.5 Å². The molecule has 0 saturated heterocycles. The molecule has 1 heterocycles. The zero-order chi connectivity index (χ0) is 27.1. The Morgan fingerprint density at radius 3 is 2.21 bits per heavy atom. The van der Waals surface area contributed by atoms with Crippen LogP contribution in [-0.4, -0.2) is 44.7 Å². The first-order valence-electron chi connectivity index (χ1n) is 12.9. The zero-order valence-corrected chi connectivity index (χ0v) is 21.6. The van der Waals surface area contributed by atoms with Crippen molar-refractivity contribution in [2.45, 2.75) is 57.8 Å². The predicted octanol–water partition coefficient (Wildman–Crippen LogP) is 4.10. The van der Waals surface area contributed by atoms with Gasteiger partial charge < -0.3 is 15.7 Å². The second-order valence-electron chi connectivity index (χ2n) is 9.40. The number of hydrogen-bond acceptors (Lipinski definition) is 5.